The van der Waals surface area contributed by atoms with Gasteiger partial charge in [0.15, 0.2) is 6.10 Å². The first-order valence-electron chi connectivity index (χ1n) is 9.78. The van der Waals surface area contributed by atoms with Crippen LogP contribution in [0, 0.1) is 0 Å². The Morgan fingerprint density at radius 1 is 0.852 bits per heavy atom. The zero-order chi connectivity index (χ0) is 18.0. The molecule has 140 valence electrons. The van der Waals surface area contributed by atoms with Gasteiger partial charge in [-0.3, -0.25) is 0 Å². The molecule has 3 rings (SSSR count). The molecular weight excluding hydrogens is 331 g/mol. The molecule has 1 aliphatic rings. The predicted molar refractivity (Wildman–Crippen MR) is 111 cm³/mol. The normalized spacial score (nSPS) is 15.0. The third-order valence-corrected chi connectivity index (χ3v) is 4.78. The van der Waals surface area contributed by atoms with Crippen molar-refractivity contribution < 1.29 is 14.3 Å². The third kappa shape index (κ3) is 7.93. The number of esters is 1. The average Bonchev–Trinajstić information content (AvgIpc) is 3.51. The standard InChI is InChI=1S/C23H28O3.Li.H/c24-23(22-18-25-22)26-21-17-11-10-16-20(21)15-9-4-2-1-3-6-12-19-13-7-5-8-14-19;;/h5,7-8,10-11,13-14,16-17,22H,1-4,6,9,12,15,18H2;;. The van der Waals surface area contributed by atoms with Gasteiger partial charge in [-0.1, -0.05) is 74.2 Å². The van der Waals surface area contributed by atoms with Crippen molar-refractivity contribution in [3.05, 3.63) is 65.7 Å². The van der Waals surface area contributed by atoms with Crippen molar-refractivity contribution in [2.45, 2.75) is 57.5 Å². The second-order valence-corrected chi connectivity index (χ2v) is 6.96. The third-order valence-electron chi connectivity index (χ3n) is 4.78. The Kier molecular flexibility index (Phi) is 9.70. The summed E-state index contributed by atoms with van der Waals surface area (Å²) in [5.74, 6) is 0.423. The van der Waals surface area contributed by atoms with Crippen molar-refractivity contribution in [3.8, 4) is 5.75 Å². The molecule has 1 heterocycles. The predicted octanol–water partition coefficient (Wildman–Crippen LogP) is 4.47. The van der Waals surface area contributed by atoms with Crippen molar-refractivity contribution in [1.29, 1.82) is 0 Å². The van der Waals surface area contributed by atoms with Gasteiger partial charge in [0, 0.05) is 0 Å². The quantitative estimate of drug-likeness (QED) is 0.195. The minimum absolute atomic E-state index is 0. The first kappa shape index (κ1) is 21.8. The molecule has 1 saturated heterocycles. The molecule has 0 radical (unpaired) electrons. The van der Waals surface area contributed by atoms with E-state index in [2.05, 4.69) is 36.4 Å². The molecule has 2 aromatic rings. The van der Waals surface area contributed by atoms with Crippen LogP contribution in [0.5, 0.6) is 5.75 Å². The number of rotatable bonds is 11. The number of aryl methyl sites for hydroxylation is 2. The van der Waals surface area contributed by atoms with Crippen LogP contribution in [0.3, 0.4) is 0 Å². The van der Waals surface area contributed by atoms with Gasteiger partial charge in [-0.05, 0) is 42.9 Å². The van der Waals surface area contributed by atoms with E-state index in [1.54, 1.807) is 0 Å². The van der Waals surface area contributed by atoms with Crippen molar-refractivity contribution in [2.24, 2.45) is 0 Å². The van der Waals surface area contributed by atoms with Crippen LogP contribution >= 0.6 is 0 Å². The van der Waals surface area contributed by atoms with Crippen LogP contribution < -0.4 is 4.74 Å². The van der Waals surface area contributed by atoms with Gasteiger partial charge in [0.2, 0.25) is 0 Å². The van der Waals surface area contributed by atoms with E-state index in [0.717, 1.165) is 18.4 Å². The maximum absolute atomic E-state index is 11.8. The molecule has 0 spiro atoms. The van der Waals surface area contributed by atoms with Gasteiger partial charge in [-0.15, -0.1) is 0 Å². The van der Waals surface area contributed by atoms with E-state index in [4.69, 9.17) is 9.47 Å². The average molecular weight is 360 g/mol. The number of hydrogen-bond donors (Lipinski definition) is 0. The summed E-state index contributed by atoms with van der Waals surface area (Å²) in [5.41, 5.74) is 2.56. The van der Waals surface area contributed by atoms with Gasteiger partial charge in [0.05, 0.1) is 6.61 Å². The summed E-state index contributed by atoms with van der Waals surface area (Å²) in [6.07, 6.45) is 9.28. The van der Waals surface area contributed by atoms with Crippen LogP contribution in [0.15, 0.2) is 54.6 Å². The summed E-state index contributed by atoms with van der Waals surface area (Å²) in [4.78, 5) is 11.8. The van der Waals surface area contributed by atoms with E-state index < -0.39 is 0 Å². The fourth-order valence-corrected chi connectivity index (χ4v) is 3.16. The monoisotopic (exact) mass is 360 g/mol. The molecule has 0 bridgehead atoms. The van der Waals surface area contributed by atoms with Crippen LogP contribution in [0.4, 0.5) is 0 Å². The number of ether oxygens (including phenoxy) is 2. The van der Waals surface area contributed by atoms with Crippen LogP contribution in [0.1, 0.15) is 49.7 Å². The van der Waals surface area contributed by atoms with E-state index >= 15 is 0 Å². The summed E-state index contributed by atoms with van der Waals surface area (Å²) in [7, 11) is 0. The molecule has 27 heavy (non-hydrogen) atoms. The Morgan fingerprint density at radius 2 is 1.44 bits per heavy atom. The van der Waals surface area contributed by atoms with E-state index in [0.29, 0.717) is 12.4 Å². The van der Waals surface area contributed by atoms with E-state index in [-0.39, 0.29) is 30.9 Å². The second kappa shape index (κ2) is 12.0. The zero-order valence-corrected chi connectivity index (χ0v) is 15.4. The molecule has 0 amide bonds. The van der Waals surface area contributed by atoms with Crippen LogP contribution in [-0.4, -0.2) is 37.5 Å². The van der Waals surface area contributed by atoms with Gasteiger partial charge in [-0.2, -0.15) is 0 Å². The Hall–Kier alpha value is -1.53. The number of unbranched alkanes of at least 4 members (excludes halogenated alkanes) is 5. The van der Waals surface area contributed by atoms with E-state index in [1.165, 1.54) is 44.1 Å². The summed E-state index contributed by atoms with van der Waals surface area (Å²) in [6.45, 7) is 0.491. The van der Waals surface area contributed by atoms with E-state index in [9.17, 15) is 4.79 Å². The molecule has 1 unspecified atom stereocenters. The van der Waals surface area contributed by atoms with Crippen molar-refractivity contribution in [2.75, 3.05) is 6.61 Å². The minimum atomic E-state index is -0.348. The maximum atomic E-state index is 11.8. The molecule has 1 fully saturated rings. The molecule has 4 heteroatoms. The molecule has 0 saturated carbocycles. The van der Waals surface area contributed by atoms with Crippen molar-refractivity contribution in [1.82, 2.24) is 0 Å². The summed E-state index contributed by atoms with van der Waals surface area (Å²) in [5, 5.41) is 0. The number of carbonyl (C=O) groups excluding carboxylic acids is 1. The molecule has 3 nitrogen and oxygen atoms in total. The van der Waals surface area contributed by atoms with Crippen LogP contribution in [0.2, 0.25) is 0 Å². The zero-order valence-electron chi connectivity index (χ0n) is 15.4. The molecule has 0 N–H and O–H groups in total. The Morgan fingerprint density at radius 3 is 2.15 bits per heavy atom. The number of carbonyl (C=O) groups is 1. The van der Waals surface area contributed by atoms with Crippen LogP contribution in [-0.2, 0) is 22.4 Å². The first-order valence-corrected chi connectivity index (χ1v) is 9.78. The van der Waals surface area contributed by atoms with Gasteiger partial charge in [0.25, 0.3) is 0 Å². The van der Waals surface area contributed by atoms with Crippen LogP contribution in [0.25, 0.3) is 0 Å². The fraction of sp³-hybridized carbons (Fsp3) is 0.435. The molecule has 2 aromatic carbocycles. The summed E-state index contributed by atoms with van der Waals surface area (Å²) >= 11 is 0. The van der Waals surface area contributed by atoms with Gasteiger partial charge < -0.3 is 9.47 Å². The molecular formula is C23H29LiO3. The molecule has 0 aromatic heterocycles. The fourth-order valence-electron chi connectivity index (χ4n) is 3.16. The number of para-hydroxylation sites is 1. The van der Waals surface area contributed by atoms with Gasteiger partial charge in [0.1, 0.15) is 5.75 Å². The molecule has 1 atom stereocenters. The van der Waals surface area contributed by atoms with Crippen molar-refractivity contribution in [3.63, 3.8) is 0 Å². The summed E-state index contributed by atoms with van der Waals surface area (Å²) < 4.78 is 10.4. The Balaban J connectivity index is 0.00000261. The van der Waals surface area contributed by atoms with Gasteiger partial charge in [-0.25, -0.2) is 4.79 Å². The Labute approximate surface area is 174 Å². The first-order chi connectivity index (χ1) is 12.8. The topological polar surface area (TPSA) is 38.8 Å². The summed E-state index contributed by atoms with van der Waals surface area (Å²) in [6, 6.07) is 18.6. The van der Waals surface area contributed by atoms with Crippen molar-refractivity contribution >= 4 is 24.8 Å². The molecule has 1 aliphatic heterocycles. The SMILES string of the molecule is O=C(Oc1ccccc1CCCCCCCCc1ccccc1)C1CO1.[LiH]. The van der Waals surface area contributed by atoms with Gasteiger partial charge >= 0.3 is 24.8 Å². The van der Waals surface area contributed by atoms with E-state index in [1.807, 2.05) is 18.2 Å². The number of epoxide rings is 1. The molecule has 0 aliphatic carbocycles. The Bertz CT molecular complexity index is 683. The second-order valence-electron chi connectivity index (χ2n) is 6.96. The number of hydrogen-bond acceptors (Lipinski definition) is 3. The number of benzene rings is 2.